The fourth-order valence-corrected chi connectivity index (χ4v) is 3.66. The van der Waals surface area contributed by atoms with Gasteiger partial charge in [-0.25, -0.2) is 0 Å². The average molecular weight is 376 g/mol. The second-order valence-corrected chi connectivity index (χ2v) is 7.32. The number of benzene rings is 1. The first-order valence-electron chi connectivity index (χ1n) is 8.77. The van der Waals surface area contributed by atoms with Gasteiger partial charge in [0.25, 0.3) is 0 Å². The zero-order chi connectivity index (χ0) is 16.2. The molecule has 3 nitrogen and oxygen atoms in total. The number of anilines is 1. The Hall–Kier alpha value is -0.480. The van der Waals surface area contributed by atoms with Crippen molar-refractivity contribution in [3.63, 3.8) is 0 Å². The topological polar surface area (TPSA) is 18.5 Å². The minimum absolute atomic E-state index is 0. The lowest BCUT2D eigenvalue weighted by molar-refractivity contribution is 0.0862. The number of halogens is 2. The van der Waals surface area contributed by atoms with Crippen LogP contribution in [-0.2, 0) is 0 Å². The summed E-state index contributed by atoms with van der Waals surface area (Å²) in [5.41, 5.74) is 3.03. The quantitative estimate of drug-likeness (QED) is 0.823. The summed E-state index contributed by atoms with van der Waals surface area (Å²) in [7, 11) is 0. The summed E-state index contributed by atoms with van der Waals surface area (Å²) in [5, 5.41) is 3.46. The Morgan fingerprint density at radius 2 is 1.50 bits per heavy atom. The van der Waals surface area contributed by atoms with Crippen LogP contribution in [0.2, 0.25) is 0 Å². The first-order valence-corrected chi connectivity index (χ1v) is 8.77. The maximum atomic E-state index is 3.46. The van der Waals surface area contributed by atoms with E-state index in [1.54, 1.807) is 0 Å². The summed E-state index contributed by atoms with van der Waals surface area (Å²) < 4.78 is 0. The summed E-state index contributed by atoms with van der Waals surface area (Å²) in [5.74, 6) is 0. The Balaban J connectivity index is 0.00000264. The molecule has 0 amide bonds. The highest BCUT2D eigenvalue weighted by molar-refractivity contribution is 5.85. The van der Waals surface area contributed by atoms with E-state index in [4.69, 9.17) is 0 Å². The van der Waals surface area contributed by atoms with E-state index in [1.165, 1.54) is 11.3 Å². The molecule has 2 rings (SSSR count). The Morgan fingerprint density at radius 1 is 1.00 bits per heavy atom. The number of piperazine rings is 1. The van der Waals surface area contributed by atoms with Crippen molar-refractivity contribution < 1.29 is 0 Å². The van der Waals surface area contributed by atoms with Crippen molar-refractivity contribution in [3.05, 3.63) is 29.8 Å². The normalized spacial score (nSPS) is 16.7. The number of hydrogen-bond acceptors (Lipinski definition) is 3. The van der Waals surface area contributed by atoms with Crippen LogP contribution < -0.4 is 10.2 Å². The molecule has 1 aliphatic heterocycles. The van der Waals surface area contributed by atoms with Gasteiger partial charge in [0.15, 0.2) is 0 Å². The smallest absolute Gasteiger partial charge is 0.0397 e. The molecule has 0 spiro atoms. The Labute approximate surface area is 161 Å². The van der Waals surface area contributed by atoms with Gasteiger partial charge >= 0.3 is 0 Å². The molecule has 0 saturated carbocycles. The van der Waals surface area contributed by atoms with Crippen LogP contribution in [0.5, 0.6) is 0 Å². The molecule has 1 aliphatic rings. The number of rotatable bonds is 5. The minimum Gasteiger partial charge on any atom is -0.372 e. The van der Waals surface area contributed by atoms with Gasteiger partial charge in [-0.3, -0.25) is 4.90 Å². The summed E-state index contributed by atoms with van der Waals surface area (Å²) in [4.78, 5) is 5.05. The van der Waals surface area contributed by atoms with Gasteiger partial charge in [0, 0.05) is 51.0 Å². The lowest BCUT2D eigenvalue weighted by atomic mass is 9.81. The molecule has 1 aromatic carbocycles. The van der Waals surface area contributed by atoms with Gasteiger partial charge in [-0.05, 0) is 37.0 Å². The molecule has 1 N–H and O–H groups in total. The van der Waals surface area contributed by atoms with Gasteiger partial charge in [-0.1, -0.05) is 32.9 Å². The third-order valence-corrected chi connectivity index (χ3v) is 4.67. The van der Waals surface area contributed by atoms with Crippen LogP contribution in [0.4, 0.5) is 5.69 Å². The van der Waals surface area contributed by atoms with E-state index in [0.29, 0.717) is 6.04 Å². The fraction of sp³-hybridized carbons (Fsp3) is 0.684. The van der Waals surface area contributed by atoms with Crippen LogP contribution >= 0.6 is 24.8 Å². The average Bonchev–Trinajstić information content (AvgIpc) is 2.50. The van der Waals surface area contributed by atoms with Crippen molar-refractivity contribution in [3.8, 4) is 0 Å². The van der Waals surface area contributed by atoms with Crippen LogP contribution in [0.25, 0.3) is 0 Å². The highest BCUT2D eigenvalue weighted by Gasteiger charge is 2.32. The highest BCUT2D eigenvalue weighted by atomic mass is 35.5. The largest absolute Gasteiger partial charge is 0.372 e. The molecule has 140 valence electrons. The molecule has 0 bridgehead atoms. The lowest BCUT2D eigenvalue weighted by Gasteiger charge is -2.42. The summed E-state index contributed by atoms with van der Waals surface area (Å²) in [6.45, 7) is 18.1. The summed E-state index contributed by atoms with van der Waals surface area (Å²) in [6, 6.07) is 9.75. The van der Waals surface area contributed by atoms with E-state index in [-0.39, 0.29) is 30.2 Å². The van der Waals surface area contributed by atoms with Gasteiger partial charge in [0.05, 0.1) is 0 Å². The van der Waals surface area contributed by atoms with Gasteiger partial charge in [-0.15, -0.1) is 24.8 Å². The van der Waals surface area contributed by atoms with Crippen LogP contribution in [0.3, 0.4) is 0 Å². The Kier molecular flexibility index (Phi) is 10.3. The first-order chi connectivity index (χ1) is 10.5. The number of hydrogen-bond donors (Lipinski definition) is 1. The standard InChI is InChI=1S/C19H33N3.2ClH/c1-6-21(7-2)17-10-8-16(9-11-17)18(19(3,4)5)22-14-12-20-13-15-22;;/h8-11,18,20H,6-7,12-15H2,1-5H3;2*1H/t18-;;/m1../s1. The zero-order valence-corrected chi connectivity index (χ0v) is 17.5. The predicted octanol–water partition coefficient (Wildman–Crippen LogP) is 4.37. The molecule has 1 heterocycles. The van der Waals surface area contributed by atoms with Crippen molar-refractivity contribution in [2.24, 2.45) is 5.41 Å². The Morgan fingerprint density at radius 3 is 1.92 bits per heavy atom. The lowest BCUT2D eigenvalue weighted by Crippen LogP contribution is -2.48. The van der Waals surface area contributed by atoms with Crippen LogP contribution in [0.15, 0.2) is 24.3 Å². The van der Waals surface area contributed by atoms with E-state index in [0.717, 1.165) is 39.3 Å². The first kappa shape index (κ1) is 23.5. The maximum absolute atomic E-state index is 3.46. The van der Waals surface area contributed by atoms with Gasteiger partial charge in [0.2, 0.25) is 0 Å². The van der Waals surface area contributed by atoms with Crippen LogP contribution in [-0.4, -0.2) is 44.2 Å². The molecule has 0 aromatic heterocycles. The molecule has 1 aromatic rings. The SMILES string of the molecule is CCN(CC)c1ccc([C@@H](N2CCNCC2)C(C)(C)C)cc1.Cl.Cl. The molecular weight excluding hydrogens is 341 g/mol. The molecule has 1 fully saturated rings. The molecular formula is C19H35Cl2N3. The third kappa shape index (κ3) is 5.80. The second kappa shape index (κ2) is 10.5. The molecule has 0 aliphatic carbocycles. The van der Waals surface area contributed by atoms with E-state index >= 15 is 0 Å². The predicted molar refractivity (Wildman–Crippen MR) is 111 cm³/mol. The molecule has 0 radical (unpaired) electrons. The van der Waals surface area contributed by atoms with Crippen molar-refractivity contribution in [1.29, 1.82) is 0 Å². The minimum atomic E-state index is 0. The third-order valence-electron chi connectivity index (χ3n) is 4.67. The van der Waals surface area contributed by atoms with Crippen LogP contribution in [0.1, 0.15) is 46.2 Å². The van der Waals surface area contributed by atoms with Gasteiger partial charge in [-0.2, -0.15) is 0 Å². The monoisotopic (exact) mass is 375 g/mol. The summed E-state index contributed by atoms with van der Waals surface area (Å²) >= 11 is 0. The van der Waals surface area contributed by atoms with Crippen molar-refractivity contribution in [2.45, 2.75) is 40.7 Å². The second-order valence-electron chi connectivity index (χ2n) is 7.32. The maximum Gasteiger partial charge on any atom is 0.0397 e. The van der Waals surface area contributed by atoms with Crippen molar-refractivity contribution >= 4 is 30.5 Å². The zero-order valence-electron chi connectivity index (χ0n) is 15.8. The molecule has 1 saturated heterocycles. The van der Waals surface area contributed by atoms with E-state index in [2.05, 4.69) is 74.0 Å². The number of nitrogens with zero attached hydrogens (tertiary/aromatic N) is 2. The molecule has 1 atom stereocenters. The van der Waals surface area contributed by atoms with Gasteiger partial charge < -0.3 is 10.2 Å². The molecule has 0 unspecified atom stereocenters. The van der Waals surface area contributed by atoms with E-state index in [1.807, 2.05) is 0 Å². The van der Waals surface area contributed by atoms with Crippen molar-refractivity contribution in [1.82, 2.24) is 10.2 Å². The summed E-state index contributed by atoms with van der Waals surface area (Å²) in [6.07, 6.45) is 0. The number of nitrogens with one attached hydrogen (secondary N) is 1. The Bertz CT molecular complexity index is 447. The van der Waals surface area contributed by atoms with Crippen molar-refractivity contribution in [2.75, 3.05) is 44.2 Å². The van der Waals surface area contributed by atoms with E-state index < -0.39 is 0 Å². The molecule has 24 heavy (non-hydrogen) atoms. The van der Waals surface area contributed by atoms with Crippen LogP contribution in [0, 0.1) is 5.41 Å². The highest BCUT2D eigenvalue weighted by Crippen LogP contribution is 2.38. The van der Waals surface area contributed by atoms with Gasteiger partial charge in [0.1, 0.15) is 0 Å². The van der Waals surface area contributed by atoms with E-state index in [9.17, 15) is 0 Å². The fourth-order valence-electron chi connectivity index (χ4n) is 3.66. The molecule has 5 heteroatoms.